The lowest BCUT2D eigenvalue weighted by Crippen LogP contribution is -2.44. The van der Waals surface area contributed by atoms with E-state index in [1.807, 2.05) is 0 Å². The summed E-state index contributed by atoms with van der Waals surface area (Å²) in [5.74, 6) is -0.133. The summed E-state index contributed by atoms with van der Waals surface area (Å²) >= 11 is 0. The van der Waals surface area contributed by atoms with Gasteiger partial charge in [0, 0.05) is 26.6 Å². The second-order valence-corrected chi connectivity index (χ2v) is 5.62. The second kappa shape index (κ2) is 6.44. The van der Waals surface area contributed by atoms with E-state index < -0.39 is 7.82 Å². The number of carbonyl (C=O) groups is 1. The predicted octanol–water partition coefficient (Wildman–Crippen LogP) is -1.23. The molecule has 0 saturated carbocycles. The minimum Gasteiger partial charge on any atom is -0.343 e. The van der Waals surface area contributed by atoms with Crippen LogP contribution in [-0.4, -0.2) is 64.7 Å². The predicted molar refractivity (Wildman–Crippen MR) is 67.2 cm³/mol. The average Bonchev–Trinajstić information content (AvgIpc) is 2.67. The maximum absolute atomic E-state index is 11.7. The van der Waals surface area contributed by atoms with E-state index in [9.17, 15) is 9.36 Å². The fourth-order valence-electron chi connectivity index (χ4n) is 1.75. The zero-order chi connectivity index (χ0) is 14.6. The normalized spacial score (nSPS) is 19.9. The van der Waals surface area contributed by atoms with Crippen molar-refractivity contribution >= 4 is 19.7 Å². The number of rotatable bonds is 5. The van der Waals surface area contributed by atoms with Crippen molar-refractivity contribution in [1.82, 2.24) is 9.80 Å². The van der Waals surface area contributed by atoms with Gasteiger partial charge in [-0.3, -0.25) is 19.6 Å². The molecule has 19 heavy (non-hydrogen) atoms. The van der Waals surface area contributed by atoms with Gasteiger partial charge in [0.25, 0.3) is 0 Å². The molecule has 10 heteroatoms. The number of likely N-dealkylation sites (N-methyl/N-ethyl adjacent to an activating group) is 1. The van der Waals surface area contributed by atoms with Gasteiger partial charge >= 0.3 is 7.82 Å². The van der Waals surface area contributed by atoms with Crippen LogP contribution in [0.5, 0.6) is 0 Å². The molecular formula is C9H19N4O5P. The van der Waals surface area contributed by atoms with Crippen LogP contribution in [0.15, 0.2) is 0 Å². The Hall–Kier alpha value is -0.990. The third-order valence-corrected chi connectivity index (χ3v) is 3.36. The van der Waals surface area contributed by atoms with Crippen molar-refractivity contribution in [3.05, 3.63) is 0 Å². The number of carbonyl (C=O) groups excluding carboxylic acids is 1. The molecule has 0 radical (unpaired) electrons. The van der Waals surface area contributed by atoms with E-state index in [2.05, 4.69) is 4.52 Å². The van der Waals surface area contributed by atoms with Crippen molar-refractivity contribution in [1.29, 1.82) is 5.41 Å². The zero-order valence-electron chi connectivity index (χ0n) is 10.7. The highest BCUT2D eigenvalue weighted by Gasteiger charge is 2.32. The Labute approximate surface area is 111 Å². The number of guanidine groups is 1. The molecule has 0 aliphatic carbocycles. The average molecular weight is 294 g/mol. The van der Waals surface area contributed by atoms with Gasteiger partial charge in [0.05, 0.1) is 6.61 Å². The van der Waals surface area contributed by atoms with Crippen molar-refractivity contribution in [2.24, 2.45) is 11.7 Å². The molecule has 1 aliphatic heterocycles. The number of nitrogens with one attached hydrogen (secondary N) is 1. The smallest absolute Gasteiger partial charge is 0.343 e. The maximum Gasteiger partial charge on any atom is 0.469 e. The van der Waals surface area contributed by atoms with Gasteiger partial charge in [-0.25, -0.2) is 4.57 Å². The van der Waals surface area contributed by atoms with E-state index in [-0.39, 0.29) is 30.9 Å². The van der Waals surface area contributed by atoms with Crippen LogP contribution in [0, 0.1) is 11.3 Å². The first-order valence-corrected chi connectivity index (χ1v) is 7.28. The molecule has 110 valence electrons. The van der Waals surface area contributed by atoms with E-state index in [4.69, 9.17) is 20.9 Å². The van der Waals surface area contributed by atoms with E-state index >= 15 is 0 Å². The zero-order valence-corrected chi connectivity index (χ0v) is 11.5. The Bertz CT molecular complexity index is 398. The molecule has 0 bridgehead atoms. The van der Waals surface area contributed by atoms with Crippen LogP contribution in [0.3, 0.4) is 0 Å². The van der Waals surface area contributed by atoms with Gasteiger partial charge in [-0.05, 0) is 12.5 Å². The van der Waals surface area contributed by atoms with Crippen LogP contribution in [-0.2, 0) is 13.9 Å². The summed E-state index contributed by atoms with van der Waals surface area (Å²) in [7, 11) is -2.95. The standard InChI is InChI=1S/C9H19N4O5P/c1-12(2-3-18-19(15,16)17)9(11)13-6-7(5-10)4-8(13)14/h7,11H,2-6,10H2,1H3,(H2,15,16,17). The minimum atomic E-state index is -4.50. The van der Waals surface area contributed by atoms with Gasteiger partial charge in [0.1, 0.15) is 0 Å². The van der Waals surface area contributed by atoms with Crippen LogP contribution in [0.2, 0.25) is 0 Å². The molecule has 0 aromatic heterocycles. The van der Waals surface area contributed by atoms with Gasteiger partial charge in [-0.15, -0.1) is 0 Å². The molecule has 1 rings (SSSR count). The molecule has 1 amide bonds. The number of nitrogens with two attached hydrogens (primary N) is 1. The number of hydrogen-bond acceptors (Lipinski definition) is 5. The summed E-state index contributed by atoms with van der Waals surface area (Å²) in [5, 5.41) is 7.86. The lowest BCUT2D eigenvalue weighted by molar-refractivity contribution is -0.124. The Morgan fingerprint density at radius 3 is 2.79 bits per heavy atom. The quantitative estimate of drug-likeness (QED) is 0.283. The second-order valence-electron chi connectivity index (χ2n) is 4.38. The van der Waals surface area contributed by atoms with Crippen molar-refractivity contribution < 1.29 is 23.7 Å². The molecule has 9 nitrogen and oxygen atoms in total. The third kappa shape index (κ3) is 4.88. The van der Waals surface area contributed by atoms with Crippen LogP contribution < -0.4 is 5.73 Å². The molecule has 0 aromatic carbocycles. The first-order valence-electron chi connectivity index (χ1n) is 5.74. The molecule has 1 aliphatic rings. The van der Waals surface area contributed by atoms with E-state index in [1.165, 1.54) is 9.80 Å². The Balaban J connectivity index is 2.44. The summed E-state index contributed by atoms with van der Waals surface area (Å²) in [6.07, 6.45) is 0.325. The molecule has 0 spiro atoms. The molecule has 1 atom stereocenters. The summed E-state index contributed by atoms with van der Waals surface area (Å²) in [5.41, 5.74) is 5.49. The first-order chi connectivity index (χ1) is 8.74. The third-order valence-electron chi connectivity index (χ3n) is 2.84. The highest BCUT2D eigenvalue weighted by atomic mass is 31.2. The summed E-state index contributed by atoms with van der Waals surface area (Å²) in [6.45, 7) is 0.658. The largest absolute Gasteiger partial charge is 0.469 e. The van der Waals surface area contributed by atoms with Gasteiger partial charge in [0.15, 0.2) is 5.96 Å². The highest BCUT2D eigenvalue weighted by molar-refractivity contribution is 7.46. The SMILES string of the molecule is CN(CCOP(=O)(O)O)C(=N)N1CC(CN)CC1=O. The summed E-state index contributed by atoms with van der Waals surface area (Å²) < 4.78 is 14.8. The van der Waals surface area contributed by atoms with Crippen LogP contribution in [0.25, 0.3) is 0 Å². The molecule has 1 unspecified atom stereocenters. The molecule has 1 fully saturated rings. The monoisotopic (exact) mass is 294 g/mol. The number of phosphoric acid groups is 1. The topological polar surface area (TPSA) is 140 Å². The summed E-state index contributed by atoms with van der Waals surface area (Å²) in [4.78, 5) is 31.4. The van der Waals surface area contributed by atoms with E-state index in [1.54, 1.807) is 7.05 Å². The van der Waals surface area contributed by atoms with Crippen LogP contribution >= 0.6 is 7.82 Å². The molecular weight excluding hydrogens is 275 g/mol. The number of likely N-dealkylation sites (tertiary alicyclic amines) is 1. The lowest BCUT2D eigenvalue weighted by atomic mass is 10.1. The van der Waals surface area contributed by atoms with E-state index in [0.717, 1.165) is 0 Å². The highest BCUT2D eigenvalue weighted by Crippen LogP contribution is 2.35. The van der Waals surface area contributed by atoms with Crippen molar-refractivity contribution in [3.63, 3.8) is 0 Å². The minimum absolute atomic E-state index is 0.0183. The van der Waals surface area contributed by atoms with Crippen molar-refractivity contribution in [2.45, 2.75) is 6.42 Å². The summed E-state index contributed by atoms with van der Waals surface area (Å²) in [6, 6.07) is 0. The maximum atomic E-state index is 11.7. The fourth-order valence-corrected chi connectivity index (χ4v) is 2.07. The number of nitrogens with zero attached hydrogens (tertiary/aromatic N) is 2. The van der Waals surface area contributed by atoms with Crippen molar-refractivity contribution in [3.8, 4) is 0 Å². The van der Waals surface area contributed by atoms with Crippen LogP contribution in [0.4, 0.5) is 0 Å². The first kappa shape index (κ1) is 16.1. The Morgan fingerprint density at radius 2 is 2.32 bits per heavy atom. The van der Waals surface area contributed by atoms with Gasteiger partial charge in [-0.2, -0.15) is 0 Å². The fraction of sp³-hybridized carbons (Fsp3) is 0.778. The number of phosphoric ester groups is 1. The van der Waals surface area contributed by atoms with Crippen molar-refractivity contribution in [2.75, 3.05) is 33.3 Å². The van der Waals surface area contributed by atoms with Gasteiger partial charge in [0.2, 0.25) is 5.91 Å². The Kier molecular flexibility index (Phi) is 5.45. The van der Waals surface area contributed by atoms with E-state index in [0.29, 0.717) is 19.5 Å². The Morgan fingerprint density at radius 1 is 1.68 bits per heavy atom. The molecule has 0 aromatic rings. The number of amides is 1. The van der Waals surface area contributed by atoms with Gasteiger partial charge < -0.3 is 20.4 Å². The van der Waals surface area contributed by atoms with Crippen LogP contribution in [0.1, 0.15) is 6.42 Å². The number of hydrogen-bond donors (Lipinski definition) is 4. The lowest BCUT2D eigenvalue weighted by Gasteiger charge is -2.26. The molecule has 1 heterocycles. The molecule has 1 saturated heterocycles. The molecule has 5 N–H and O–H groups in total. The van der Waals surface area contributed by atoms with Gasteiger partial charge in [-0.1, -0.05) is 0 Å².